The van der Waals surface area contributed by atoms with E-state index in [1.54, 1.807) is 6.08 Å². The third kappa shape index (κ3) is 3.90. The summed E-state index contributed by atoms with van der Waals surface area (Å²) in [6.07, 6.45) is 5.46. The van der Waals surface area contributed by atoms with Crippen LogP contribution in [0.15, 0.2) is 24.3 Å². The van der Waals surface area contributed by atoms with E-state index in [1.807, 2.05) is 6.08 Å². The van der Waals surface area contributed by atoms with Gasteiger partial charge in [0.05, 0.1) is 6.61 Å². The SMILES string of the molecule is C=C1C[C@]2(COCOCC[Si](C)(C)C)C=CC(=O)[C@@H]1C2. The second-order valence-electron chi connectivity index (χ2n) is 7.38. The molecule has 1 fully saturated rings. The van der Waals surface area contributed by atoms with Gasteiger partial charge in [0.25, 0.3) is 0 Å². The summed E-state index contributed by atoms with van der Waals surface area (Å²) in [6, 6.07) is 1.16. The van der Waals surface area contributed by atoms with Crippen LogP contribution in [0.4, 0.5) is 0 Å². The normalized spacial score (nSPS) is 29.2. The van der Waals surface area contributed by atoms with E-state index in [-0.39, 0.29) is 17.1 Å². The van der Waals surface area contributed by atoms with Crippen LogP contribution in [-0.2, 0) is 14.3 Å². The van der Waals surface area contributed by atoms with Crippen molar-refractivity contribution in [2.24, 2.45) is 11.3 Å². The van der Waals surface area contributed by atoms with Crippen LogP contribution in [-0.4, -0.2) is 33.9 Å². The lowest BCUT2D eigenvalue weighted by molar-refractivity contribution is -0.118. The Balaban J connectivity index is 1.71. The molecule has 2 aliphatic rings. The Bertz CT molecular complexity index is 422. The molecule has 0 heterocycles. The highest BCUT2D eigenvalue weighted by atomic mass is 28.3. The zero-order valence-corrected chi connectivity index (χ0v) is 13.9. The second-order valence-corrected chi connectivity index (χ2v) is 13.0. The minimum atomic E-state index is -1.02. The molecule has 0 aromatic carbocycles. The van der Waals surface area contributed by atoms with Gasteiger partial charge >= 0.3 is 0 Å². The van der Waals surface area contributed by atoms with Gasteiger partial charge in [-0.1, -0.05) is 37.9 Å². The Morgan fingerprint density at radius 1 is 1.40 bits per heavy atom. The van der Waals surface area contributed by atoms with Gasteiger partial charge in [-0.05, 0) is 25.0 Å². The molecule has 112 valence electrons. The van der Waals surface area contributed by atoms with Crippen LogP contribution in [0.2, 0.25) is 25.7 Å². The highest BCUT2D eigenvalue weighted by Crippen LogP contribution is 2.49. The monoisotopic (exact) mass is 294 g/mol. The molecule has 0 aliphatic heterocycles. The van der Waals surface area contributed by atoms with Crippen LogP contribution in [0.25, 0.3) is 0 Å². The van der Waals surface area contributed by atoms with Crippen LogP contribution >= 0.6 is 0 Å². The lowest BCUT2D eigenvalue weighted by Crippen LogP contribution is -2.27. The average Bonchev–Trinajstić information content (AvgIpc) is 2.62. The largest absolute Gasteiger partial charge is 0.356 e. The molecule has 2 atom stereocenters. The molecule has 0 N–H and O–H groups in total. The molecule has 20 heavy (non-hydrogen) atoms. The molecule has 0 spiro atoms. The van der Waals surface area contributed by atoms with Crippen LogP contribution in [0, 0.1) is 11.3 Å². The Labute approximate surface area is 123 Å². The van der Waals surface area contributed by atoms with Crippen molar-refractivity contribution in [1.82, 2.24) is 0 Å². The molecule has 0 radical (unpaired) electrons. The van der Waals surface area contributed by atoms with Gasteiger partial charge in [-0.15, -0.1) is 0 Å². The summed E-state index contributed by atoms with van der Waals surface area (Å²) in [4.78, 5) is 11.7. The molecule has 0 amide bonds. The number of carbonyl (C=O) groups is 1. The van der Waals surface area contributed by atoms with Crippen LogP contribution in [0.5, 0.6) is 0 Å². The van der Waals surface area contributed by atoms with E-state index in [4.69, 9.17) is 9.47 Å². The first-order valence-corrected chi connectivity index (χ1v) is 11.1. The number of hydrogen-bond donors (Lipinski definition) is 0. The van der Waals surface area contributed by atoms with Gasteiger partial charge in [-0.2, -0.15) is 0 Å². The van der Waals surface area contributed by atoms with Crippen molar-refractivity contribution in [3.05, 3.63) is 24.3 Å². The van der Waals surface area contributed by atoms with E-state index in [2.05, 4.69) is 26.2 Å². The maximum Gasteiger partial charge on any atom is 0.162 e. The number of ether oxygens (including phenoxy) is 2. The van der Waals surface area contributed by atoms with E-state index < -0.39 is 8.07 Å². The van der Waals surface area contributed by atoms with Gasteiger partial charge in [0, 0.05) is 26.0 Å². The van der Waals surface area contributed by atoms with E-state index in [0.29, 0.717) is 13.4 Å². The number of allylic oxidation sites excluding steroid dienone is 2. The average molecular weight is 294 g/mol. The third-order valence-electron chi connectivity index (χ3n) is 4.18. The Morgan fingerprint density at radius 2 is 2.15 bits per heavy atom. The molecular formula is C16H26O3Si. The summed E-state index contributed by atoms with van der Waals surface area (Å²) < 4.78 is 11.2. The molecule has 3 nitrogen and oxygen atoms in total. The molecule has 2 aliphatic carbocycles. The highest BCUT2D eigenvalue weighted by Gasteiger charge is 2.45. The molecule has 2 rings (SSSR count). The predicted molar refractivity (Wildman–Crippen MR) is 83.4 cm³/mol. The quantitative estimate of drug-likeness (QED) is 0.312. The molecule has 0 aromatic rings. The standard InChI is InChI=1S/C16H26O3Si/c1-13-9-16(6-5-15(17)14(13)10-16)11-19-12-18-7-8-20(2,3)4/h5-6,14H,1,7-12H2,2-4H3/t14-,16-/m1/s1. The first kappa shape index (κ1) is 15.7. The number of fused-ring (bicyclic) bond motifs is 2. The van der Waals surface area contributed by atoms with E-state index >= 15 is 0 Å². The Hall–Kier alpha value is -0.713. The number of ketones is 1. The lowest BCUT2D eigenvalue weighted by Gasteiger charge is -2.27. The van der Waals surface area contributed by atoms with Gasteiger partial charge < -0.3 is 9.47 Å². The molecule has 1 saturated carbocycles. The molecule has 0 unspecified atom stereocenters. The fraction of sp³-hybridized carbons (Fsp3) is 0.688. The number of carbonyl (C=O) groups excluding carboxylic acids is 1. The summed E-state index contributed by atoms with van der Waals surface area (Å²) in [5.41, 5.74) is 1.04. The van der Waals surface area contributed by atoms with Crippen LogP contribution in [0.1, 0.15) is 12.8 Å². The lowest BCUT2D eigenvalue weighted by atomic mass is 9.81. The maximum absolute atomic E-state index is 11.7. The zero-order chi connectivity index (χ0) is 14.8. The van der Waals surface area contributed by atoms with Gasteiger partial charge in [-0.3, -0.25) is 4.79 Å². The van der Waals surface area contributed by atoms with Crippen LogP contribution in [0.3, 0.4) is 0 Å². The fourth-order valence-corrected chi connectivity index (χ4v) is 3.66. The van der Waals surface area contributed by atoms with Gasteiger partial charge in [0.2, 0.25) is 0 Å². The minimum absolute atomic E-state index is 0.0161. The third-order valence-corrected chi connectivity index (χ3v) is 5.88. The van der Waals surface area contributed by atoms with E-state index in [0.717, 1.165) is 31.1 Å². The summed E-state index contributed by atoms with van der Waals surface area (Å²) >= 11 is 0. The van der Waals surface area contributed by atoms with Crippen molar-refractivity contribution in [2.45, 2.75) is 38.5 Å². The molecule has 0 aromatic heterocycles. The number of rotatable bonds is 7. The van der Waals surface area contributed by atoms with Crippen molar-refractivity contribution in [3.63, 3.8) is 0 Å². The van der Waals surface area contributed by atoms with Gasteiger partial charge in [0.1, 0.15) is 6.79 Å². The molecular weight excluding hydrogens is 268 g/mol. The zero-order valence-electron chi connectivity index (χ0n) is 12.9. The molecule has 4 heteroatoms. The number of hydrogen-bond acceptors (Lipinski definition) is 3. The topological polar surface area (TPSA) is 35.5 Å². The Kier molecular flexibility index (Phi) is 4.67. The maximum atomic E-state index is 11.7. The Morgan fingerprint density at radius 3 is 2.85 bits per heavy atom. The minimum Gasteiger partial charge on any atom is -0.356 e. The fourth-order valence-electron chi connectivity index (χ4n) is 2.90. The summed E-state index contributed by atoms with van der Waals surface area (Å²) in [7, 11) is -1.02. The first-order chi connectivity index (χ1) is 9.31. The van der Waals surface area contributed by atoms with Crippen molar-refractivity contribution < 1.29 is 14.3 Å². The summed E-state index contributed by atoms with van der Waals surface area (Å²) in [6.45, 7) is 12.8. The summed E-state index contributed by atoms with van der Waals surface area (Å²) in [5, 5.41) is 0. The molecule has 2 bridgehead atoms. The molecule has 0 saturated heterocycles. The predicted octanol–water partition coefficient (Wildman–Crippen LogP) is 3.41. The highest BCUT2D eigenvalue weighted by molar-refractivity contribution is 6.76. The van der Waals surface area contributed by atoms with E-state index in [9.17, 15) is 4.79 Å². The van der Waals surface area contributed by atoms with Gasteiger partial charge in [-0.25, -0.2) is 0 Å². The van der Waals surface area contributed by atoms with Crippen molar-refractivity contribution >= 4 is 13.9 Å². The first-order valence-electron chi connectivity index (χ1n) is 7.38. The van der Waals surface area contributed by atoms with Crippen molar-refractivity contribution in [1.29, 1.82) is 0 Å². The van der Waals surface area contributed by atoms with Crippen molar-refractivity contribution in [3.8, 4) is 0 Å². The van der Waals surface area contributed by atoms with Crippen LogP contribution < -0.4 is 0 Å². The summed E-state index contributed by atoms with van der Waals surface area (Å²) in [5.74, 6) is 0.228. The van der Waals surface area contributed by atoms with Gasteiger partial charge in [0.15, 0.2) is 5.78 Å². The second kappa shape index (κ2) is 5.96. The smallest absolute Gasteiger partial charge is 0.162 e. The van der Waals surface area contributed by atoms with E-state index in [1.165, 1.54) is 0 Å². The van der Waals surface area contributed by atoms with Crippen molar-refractivity contribution in [2.75, 3.05) is 20.0 Å².